The van der Waals surface area contributed by atoms with Crippen LogP contribution in [0.5, 0.6) is 5.75 Å². The van der Waals surface area contributed by atoms with E-state index in [0.29, 0.717) is 16.3 Å². The predicted octanol–water partition coefficient (Wildman–Crippen LogP) is 3.11. The Labute approximate surface area is 139 Å². The molecule has 0 saturated heterocycles. The van der Waals surface area contributed by atoms with E-state index in [1.807, 2.05) is 6.92 Å². The van der Waals surface area contributed by atoms with Gasteiger partial charge in [0.25, 0.3) is 5.91 Å². The molecule has 122 valence electrons. The van der Waals surface area contributed by atoms with Gasteiger partial charge in [-0.1, -0.05) is 31.0 Å². The van der Waals surface area contributed by atoms with Crippen molar-refractivity contribution in [1.82, 2.24) is 15.2 Å². The molecule has 0 radical (unpaired) electrons. The molecule has 1 heterocycles. The van der Waals surface area contributed by atoms with E-state index in [1.54, 1.807) is 16.8 Å². The Kier molecular flexibility index (Phi) is 5.76. The SMILES string of the molecule is CCCCn1nc(C)c(/C=N\NC(=O)c2cccc(O)c2)c1Cl. The fourth-order valence-electron chi connectivity index (χ4n) is 2.04. The summed E-state index contributed by atoms with van der Waals surface area (Å²) in [6.07, 6.45) is 3.53. The second-order valence-corrected chi connectivity index (χ2v) is 5.47. The highest BCUT2D eigenvalue weighted by Crippen LogP contribution is 2.18. The molecule has 0 spiro atoms. The number of aromatic hydroxyl groups is 1. The number of carbonyl (C=O) groups is 1. The fraction of sp³-hybridized carbons (Fsp3) is 0.312. The highest BCUT2D eigenvalue weighted by atomic mass is 35.5. The van der Waals surface area contributed by atoms with Gasteiger partial charge in [-0.3, -0.25) is 9.48 Å². The van der Waals surface area contributed by atoms with Crippen molar-refractivity contribution in [2.24, 2.45) is 5.10 Å². The second kappa shape index (κ2) is 7.78. The van der Waals surface area contributed by atoms with Crippen molar-refractivity contribution in [2.45, 2.75) is 33.2 Å². The van der Waals surface area contributed by atoms with Crippen molar-refractivity contribution < 1.29 is 9.90 Å². The Morgan fingerprint density at radius 3 is 3.00 bits per heavy atom. The normalized spacial score (nSPS) is 11.1. The Hall–Kier alpha value is -2.34. The first-order valence-electron chi connectivity index (χ1n) is 7.38. The third-order valence-corrected chi connectivity index (χ3v) is 3.70. The standard InChI is InChI=1S/C16H19ClN4O2/c1-3-4-8-21-15(17)14(11(2)20-21)10-18-19-16(23)12-6-5-7-13(22)9-12/h5-7,9-10,22H,3-4,8H2,1-2H3,(H,19,23)/b18-10-. The number of aromatic nitrogens is 2. The summed E-state index contributed by atoms with van der Waals surface area (Å²) >= 11 is 6.28. The summed E-state index contributed by atoms with van der Waals surface area (Å²) < 4.78 is 1.73. The predicted molar refractivity (Wildman–Crippen MR) is 90.0 cm³/mol. The van der Waals surface area contributed by atoms with E-state index in [4.69, 9.17) is 11.6 Å². The van der Waals surface area contributed by atoms with Crippen molar-refractivity contribution in [3.05, 3.63) is 46.2 Å². The van der Waals surface area contributed by atoms with Gasteiger partial charge >= 0.3 is 0 Å². The number of nitrogens with one attached hydrogen (secondary N) is 1. The van der Waals surface area contributed by atoms with Crippen LogP contribution in [0.15, 0.2) is 29.4 Å². The lowest BCUT2D eigenvalue weighted by Gasteiger charge is -2.01. The molecule has 7 heteroatoms. The second-order valence-electron chi connectivity index (χ2n) is 5.12. The van der Waals surface area contributed by atoms with Gasteiger partial charge in [-0.25, -0.2) is 5.43 Å². The first-order chi connectivity index (χ1) is 11.0. The molecule has 2 N–H and O–H groups in total. The molecule has 0 bridgehead atoms. The lowest BCUT2D eigenvalue weighted by molar-refractivity contribution is 0.0954. The van der Waals surface area contributed by atoms with E-state index in [9.17, 15) is 9.90 Å². The molecule has 0 aliphatic heterocycles. The van der Waals surface area contributed by atoms with Crippen LogP contribution in [0.4, 0.5) is 0 Å². The van der Waals surface area contributed by atoms with Gasteiger partial charge in [-0.05, 0) is 31.5 Å². The van der Waals surface area contributed by atoms with Gasteiger partial charge < -0.3 is 5.11 Å². The minimum absolute atomic E-state index is 0.0257. The maximum absolute atomic E-state index is 11.9. The number of rotatable bonds is 6. The number of nitrogens with zero attached hydrogens (tertiary/aromatic N) is 3. The van der Waals surface area contributed by atoms with Crippen molar-refractivity contribution >= 4 is 23.7 Å². The maximum atomic E-state index is 11.9. The zero-order valence-electron chi connectivity index (χ0n) is 13.1. The molecule has 1 amide bonds. The molecule has 23 heavy (non-hydrogen) atoms. The summed E-state index contributed by atoms with van der Waals surface area (Å²) in [5, 5.41) is 18.2. The van der Waals surface area contributed by atoms with E-state index in [-0.39, 0.29) is 5.75 Å². The number of phenolic OH excluding ortho intramolecular Hbond substituents is 1. The van der Waals surface area contributed by atoms with Crippen molar-refractivity contribution in [3.63, 3.8) is 0 Å². The molecular formula is C16H19ClN4O2. The third kappa shape index (κ3) is 4.32. The summed E-state index contributed by atoms with van der Waals surface area (Å²) in [7, 11) is 0. The Balaban J connectivity index is 2.06. The van der Waals surface area contributed by atoms with E-state index in [2.05, 4.69) is 22.5 Å². The highest BCUT2D eigenvalue weighted by molar-refractivity contribution is 6.32. The minimum atomic E-state index is -0.413. The van der Waals surface area contributed by atoms with Crippen LogP contribution in [0.3, 0.4) is 0 Å². The number of hydrazone groups is 1. The Bertz CT molecular complexity index is 725. The Morgan fingerprint density at radius 2 is 2.30 bits per heavy atom. The molecule has 2 aromatic rings. The number of hydrogen-bond acceptors (Lipinski definition) is 4. The van der Waals surface area contributed by atoms with Gasteiger partial charge in [-0.15, -0.1) is 0 Å². The smallest absolute Gasteiger partial charge is 0.271 e. The first-order valence-corrected chi connectivity index (χ1v) is 7.76. The molecule has 0 saturated carbocycles. The molecule has 0 unspecified atom stereocenters. The molecule has 0 aliphatic rings. The number of benzene rings is 1. The van der Waals surface area contributed by atoms with Crippen molar-refractivity contribution in [3.8, 4) is 5.75 Å². The fourth-order valence-corrected chi connectivity index (χ4v) is 2.34. The maximum Gasteiger partial charge on any atom is 0.271 e. The molecular weight excluding hydrogens is 316 g/mol. The van der Waals surface area contributed by atoms with E-state index < -0.39 is 5.91 Å². The summed E-state index contributed by atoms with van der Waals surface area (Å²) in [5.74, 6) is -0.387. The molecule has 1 aromatic carbocycles. The van der Waals surface area contributed by atoms with E-state index in [1.165, 1.54) is 18.3 Å². The van der Waals surface area contributed by atoms with Gasteiger partial charge in [0.2, 0.25) is 0 Å². The molecule has 2 rings (SSSR count). The van der Waals surface area contributed by atoms with Crippen LogP contribution in [0.2, 0.25) is 5.15 Å². The van der Waals surface area contributed by atoms with Gasteiger partial charge in [0.1, 0.15) is 10.9 Å². The molecule has 0 atom stereocenters. The molecule has 0 aliphatic carbocycles. The van der Waals surface area contributed by atoms with Gasteiger partial charge in [0, 0.05) is 12.1 Å². The lowest BCUT2D eigenvalue weighted by atomic mass is 10.2. The third-order valence-electron chi connectivity index (χ3n) is 3.30. The molecule has 0 fully saturated rings. The largest absolute Gasteiger partial charge is 0.508 e. The average molecular weight is 335 g/mol. The van der Waals surface area contributed by atoms with Crippen molar-refractivity contribution in [2.75, 3.05) is 0 Å². The van der Waals surface area contributed by atoms with Crippen LogP contribution in [0, 0.1) is 6.92 Å². The quantitative estimate of drug-likeness (QED) is 0.629. The number of aryl methyl sites for hydroxylation is 2. The minimum Gasteiger partial charge on any atom is -0.508 e. The number of unbranched alkanes of at least 4 members (excludes halogenated alkanes) is 1. The lowest BCUT2D eigenvalue weighted by Crippen LogP contribution is -2.17. The van der Waals surface area contributed by atoms with Crippen LogP contribution in [-0.2, 0) is 6.54 Å². The van der Waals surface area contributed by atoms with Gasteiger partial charge in [0.15, 0.2) is 0 Å². The van der Waals surface area contributed by atoms with Crippen LogP contribution in [-0.4, -0.2) is 27.0 Å². The summed E-state index contributed by atoms with van der Waals surface area (Å²) in [5.41, 5.74) is 4.16. The Morgan fingerprint density at radius 1 is 1.52 bits per heavy atom. The number of hydrogen-bond donors (Lipinski definition) is 2. The molecule has 1 aromatic heterocycles. The number of amides is 1. The zero-order valence-corrected chi connectivity index (χ0v) is 13.8. The van der Waals surface area contributed by atoms with E-state index in [0.717, 1.165) is 25.1 Å². The summed E-state index contributed by atoms with van der Waals surface area (Å²) in [6.45, 7) is 4.69. The molecule has 6 nitrogen and oxygen atoms in total. The highest BCUT2D eigenvalue weighted by Gasteiger charge is 2.11. The topological polar surface area (TPSA) is 79.5 Å². The number of phenols is 1. The van der Waals surface area contributed by atoms with Gasteiger partial charge in [-0.2, -0.15) is 10.2 Å². The summed E-state index contributed by atoms with van der Waals surface area (Å²) in [6, 6.07) is 6.04. The number of carbonyl (C=O) groups excluding carboxylic acids is 1. The van der Waals surface area contributed by atoms with Crippen LogP contribution in [0.25, 0.3) is 0 Å². The summed E-state index contributed by atoms with van der Waals surface area (Å²) in [4.78, 5) is 11.9. The number of halogens is 1. The monoisotopic (exact) mass is 334 g/mol. The van der Waals surface area contributed by atoms with Crippen LogP contribution < -0.4 is 5.43 Å². The average Bonchev–Trinajstić information content (AvgIpc) is 2.80. The van der Waals surface area contributed by atoms with Gasteiger partial charge in [0.05, 0.1) is 17.5 Å². The first kappa shape index (κ1) is 17.0. The van der Waals surface area contributed by atoms with Crippen LogP contribution in [0.1, 0.15) is 41.4 Å². The van der Waals surface area contributed by atoms with E-state index >= 15 is 0 Å². The van der Waals surface area contributed by atoms with Crippen molar-refractivity contribution in [1.29, 1.82) is 0 Å². The van der Waals surface area contributed by atoms with Crippen LogP contribution >= 0.6 is 11.6 Å². The zero-order chi connectivity index (χ0) is 16.8.